The van der Waals surface area contributed by atoms with Crippen molar-refractivity contribution < 1.29 is 19.1 Å². The Kier molecular flexibility index (Phi) is 5.61. The highest BCUT2D eigenvalue weighted by atomic mass is 16.5. The second-order valence-corrected chi connectivity index (χ2v) is 5.05. The Bertz CT molecular complexity index is 606. The first-order valence-corrected chi connectivity index (χ1v) is 7.24. The Balaban J connectivity index is 2.18. The van der Waals surface area contributed by atoms with Crippen LogP contribution in [-0.2, 0) is 11.3 Å². The summed E-state index contributed by atoms with van der Waals surface area (Å²) in [4.78, 5) is 13.7. The minimum atomic E-state index is -0.467. The van der Waals surface area contributed by atoms with Crippen molar-refractivity contribution in [3.8, 4) is 0 Å². The minimum absolute atomic E-state index is 0.133. The number of hydrogen-bond acceptors (Lipinski definition) is 5. The molecule has 0 aliphatic carbocycles. The van der Waals surface area contributed by atoms with Gasteiger partial charge in [0, 0.05) is 24.4 Å². The third kappa shape index (κ3) is 3.89. The van der Waals surface area contributed by atoms with Gasteiger partial charge in [0.1, 0.15) is 5.76 Å². The molecule has 0 saturated carbocycles. The Morgan fingerprint density at radius 3 is 2.68 bits per heavy atom. The van der Waals surface area contributed by atoms with Gasteiger partial charge in [-0.3, -0.25) is 0 Å². The molecule has 0 unspecified atom stereocenters. The number of aryl methyl sites for hydroxylation is 1. The van der Waals surface area contributed by atoms with E-state index in [2.05, 4.69) is 4.90 Å². The van der Waals surface area contributed by atoms with Crippen molar-refractivity contribution in [3.05, 3.63) is 53.5 Å². The van der Waals surface area contributed by atoms with Crippen molar-refractivity contribution in [2.75, 3.05) is 25.2 Å². The summed E-state index contributed by atoms with van der Waals surface area (Å²) >= 11 is 0. The molecular weight excluding hydrogens is 282 g/mol. The number of para-hydroxylation sites is 1. The molecule has 118 valence electrons. The van der Waals surface area contributed by atoms with Crippen molar-refractivity contribution in [1.82, 2.24) is 0 Å². The van der Waals surface area contributed by atoms with Crippen LogP contribution in [0, 0.1) is 6.92 Å². The molecule has 0 amide bonds. The van der Waals surface area contributed by atoms with Crippen LogP contribution in [0.15, 0.2) is 40.8 Å². The molecule has 5 nitrogen and oxygen atoms in total. The van der Waals surface area contributed by atoms with E-state index in [1.165, 1.54) is 7.11 Å². The SMILES string of the molecule is COC(=O)c1oc(CN(CCCO)c2ccccc2)cc1C. The lowest BCUT2D eigenvalue weighted by Gasteiger charge is -2.23. The van der Waals surface area contributed by atoms with E-state index in [1.807, 2.05) is 43.3 Å². The van der Waals surface area contributed by atoms with Crippen molar-refractivity contribution in [2.45, 2.75) is 19.9 Å². The molecule has 22 heavy (non-hydrogen) atoms. The van der Waals surface area contributed by atoms with Crippen LogP contribution in [0.5, 0.6) is 0 Å². The van der Waals surface area contributed by atoms with E-state index in [9.17, 15) is 4.79 Å². The first-order chi connectivity index (χ1) is 10.7. The maximum Gasteiger partial charge on any atom is 0.374 e. The summed E-state index contributed by atoms with van der Waals surface area (Å²) in [6, 6.07) is 11.8. The first kappa shape index (κ1) is 16.1. The van der Waals surface area contributed by atoms with Crippen molar-refractivity contribution >= 4 is 11.7 Å². The largest absolute Gasteiger partial charge is 0.463 e. The summed E-state index contributed by atoms with van der Waals surface area (Å²) in [5.41, 5.74) is 1.81. The van der Waals surface area contributed by atoms with Crippen LogP contribution in [0.2, 0.25) is 0 Å². The number of carbonyl (C=O) groups excluding carboxylic acids is 1. The zero-order chi connectivity index (χ0) is 15.9. The lowest BCUT2D eigenvalue weighted by Crippen LogP contribution is -2.24. The van der Waals surface area contributed by atoms with Crippen LogP contribution in [0.3, 0.4) is 0 Å². The maximum atomic E-state index is 11.6. The summed E-state index contributed by atoms with van der Waals surface area (Å²) in [6.45, 7) is 3.18. The fourth-order valence-electron chi connectivity index (χ4n) is 2.31. The summed E-state index contributed by atoms with van der Waals surface area (Å²) < 4.78 is 10.3. The molecule has 1 heterocycles. The Morgan fingerprint density at radius 2 is 2.05 bits per heavy atom. The topological polar surface area (TPSA) is 62.9 Å². The number of benzene rings is 1. The second-order valence-electron chi connectivity index (χ2n) is 5.05. The number of nitrogens with zero attached hydrogens (tertiary/aromatic N) is 1. The first-order valence-electron chi connectivity index (χ1n) is 7.24. The van der Waals surface area contributed by atoms with Crippen molar-refractivity contribution in [3.63, 3.8) is 0 Å². The van der Waals surface area contributed by atoms with Gasteiger partial charge in [-0.15, -0.1) is 0 Å². The highest BCUT2D eigenvalue weighted by Gasteiger charge is 2.17. The van der Waals surface area contributed by atoms with E-state index < -0.39 is 5.97 Å². The standard InChI is InChI=1S/C17H21NO4/c1-13-11-15(22-16(13)17(20)21-2)12-18(9-6-10-19)14-7-4-3-5-8-14/h3-5,7-8,11,19H,6,9-10,12H2,1-2H3. The van der Waals surface area contributed by atoms with Gasteiger partial charge in [-0.2, -0.15) is 0 Å². The maximum absolute atomic E-state index is 11.6. The number of ether oxygens (including phenoxy) is 1. The number of anilines is 1. The fourth-order valence-corrected chi connectivity index (χ4v) is 2.31. The number of aliphatic hydroxyl groups excluding tert-OH is 1. The lowest BCUT2D eigenvalue weighted by molar-refractivity contribution is 0.0562. The molecule has 1 aromatic carbocycles. The van der Waals surface area contributed by atoms with Gasteiger partial charge in [0.25, 0.3) is 0 Å². The van der Waals surface area contributed by atoms with E-state index >= 15 is 0 Å². The number of methoxy groups -OCH3 is 1. The minimum Gasteiger partial charge on any atom is -0.463 e. The van der Waals surface area contributed by atoms with Gasteiger partial charge in [-0.25, -0.2) is 4.79 Å². The van der Waals surface area contributed by atoms with Crippen LogP contribution < -0.4 is 4.90 Å². The third-order valence-electron chi connectivity index (χ3n) is 3.39. The molecule has 2 rings (SSSR count). The monoisotopic (exact) mass is 303 g/mol. The van der Waals surface area contributed by atoms with Crippen LogP contribution in [-0.4, -0.2) is 31.3 Å². The van der Waals surface area contributed by atoms with Gasteiger partial charge < -0.3 is 19.2 Å². The Morgan fingerprint density at radius 1 is 1.32 bits per heavy atom. The Hall–Kier alpha value is -2.27. The van der Waals surface area contributed by atoms with E-state index in [1.54, 1.807) is 0 Å². The fraction of sp³-hybridized carbons (Fsp3) is 0.353. The average Bonchev–Trinajstić information content (AvgIpc) is 2.92. The normalized spacial score (nSPS) is 10.5. The molecule has 1 N–H and O–H groups in total. The number of furan rings is 1. The zero-order valence-electron chi connectivity index (χ0n) is 12.9. The molecule has 0 fully saturated rings. The number of hydrogen-bond donors (Lipinski definition) is 1. The van der Waals surface area contributed by atoms with E-state index in [0.717, 1.165) is 11.3 Å². The molecule has 2 aromatic rings. The smallest absolute Gasteiger partial charge is 0.374 e. The quantitative estimate of drug-likeness (QED) is 0.797. The molecule has 0 spiro atoms. The van der Waals surface area contributed by atoms with Gasteiger partial charge in [-0.1, -0.05) is 18.2 Å². The van der Waals surface area contributed by atoms with Crippen molar-refractivity contribution in [2.24, 2.45) is 0 Å². The molecular formula is C17H21NO4. The average molecular weight is 303 g/mol. The van der Waals surface area contributed by atoms with E-state index in [0.29, 0.717) is 25.3 Å². The summed E-state index contributed by atoms with van der Waals surface area (Å²) in [7, 11) is 1.33. The van der Waals surface area contributed by atoms with Crippen LogP contribution in [0.4, 0.5) is 5.69 Å². The predicted molar refractivity (Wildman–Crippen MR) is 84.0 cm³/mol. The third-order valence-corrected chi connectivity index (χ3v) is 3.39. The molecule has 0 bridgehead atoms. The van der Waals surface area contributed by atoms with Gasteiger partial charge in [0.15, 0.2) is 0 Å². The van der Waals surface area contributed by atoms with Gasteiger partial charge in [0.05, 0.1) is 13.7 Å². The summed E-state index contributed by atoms with van der Waals surface area (Å²) in [5, 5.41) is 9.07. The molecule has 0 atom stereocenters. The second kappa shape index (κ2) is 7.66. The number of aliphatic hydroxyl groups is 1. The Labute approximate surface area is 130 Å². The van der Waals surface area contributed by atoms with Crippen LogP contribution >= 0.6 is 0 Å². The van der Waals surface area contributed by atoms with Gasteiger partial charge in [-0.05, 0) is 31.5 Å². The molecule has 5 heteroatoms. The van der Waals surface area contributed by atoms with E-state index in [4.69, 9.17) is 14.3 Å². The highest BCUT2D eigenvalue weighted by Crippen LogP contribution is 2.21. The zero-order valence-corrected chi connectivity index (χ0v) is 12.9. The highest BCUT2D eigenvalue weighted by molar-refractivity contribution is 5.87. The van der Waals surface area contributed by atoms with Crippen molar-refractivity contribution in [1.29, 1.82) is 0 Å². The summed E-state index contributed by atoms with van der Waals surface area (Å²) in [5.74, 6) is 0.470. The number of esters is 1. The summed E-state index contributed by atoms with van der Waals surface area (Å²) in [6.07, 6.45) is 0.665. The molecule has 0 aliphatic heterocycles. The molecule has 0 saturated heterocycles. The number of rotatable bonds is 7. The molecule has 0 aliphatic rings. The van der Waals surface area contributed by atoms with Crippen LogP contribution in [0.1, 0.15) is 28.3 Å². The molecule has 0 radical (unpaired) electrons. The molecule has 1 aromatic heterocycles. The predicted octanol–water partition coefficient (Wildman–Crippen LogP) is 2.76. The van der Waals surface area contributed by atoms with Crippen LogP contribution in [0.25, 0.3) is 0 Å². The van der Waals surface area contributed by atoms with Gasteiger partial charge in [0.2, 0.25) is 5.76 Å². The van der Waals surface area contributed by atoms with Gasteiger partial charge >= 0.3 is 5.97 Å². The van der Waals surface area contributed by atoms with E-state index in [-0.39, 0.29) is 12.4 Å². The lowest BCUT2D eigenvalue weighted by atomic mass is 10.2. The number of carbonyl (C=O) groups is 1.